The Hall–Kier alpha value is -0.340. The molecule has 0 heterocycles. The van der Waals surface area contributed by atoms with Crippen LogP contribution in [0.4, 0.5) is 5.69 Å². The Bertz CT molecular complexity index is 299. The lowest BCUT2D eigenvalue weighted by atomic mass is 10.2. The number of hydrogen-bond acceptors (Lipinski definition) is 2. The molecule has 0 bridgehead atoms. The minimum atomic E-state index is 0.708. The summed E-state index contributed by atoms with van der Waals surface area (Å²) in [6, 6.07) is 5.71. The number of nitrogens with two attached hydrogens (primary N) is 1. The predicted molar refractivity (Wildman–Crippen MR) is 66.9 cm³/mol. The van der Waals surface area contributed by atoms with Crippen molar-refractivity contribution in [2.75, 3.05) is 11.5 Å². The van der Waals surface area contributed by atoms with Gasteiger partial charge in [-0.25, -0.2) is 0 Å². The van der Waals surface area contributed by atoms with Gasteiger partial charge in [0.25, 0.3) is 0 Å². The molecule has 1 rings (SSSR count). The first-order valence-electron chi connectivity index (χ1n) is 4.71. The minimum absolute atomic E-state index is 0.708. The van der Waals surface area contributed by atoms with Gasteiger partial charge in [0.1, 0.15) is 0 Å². The third kappa shape index (κ3) is 3.81. The van der Waals surface area contributed by atoms with Gasteiger partial charge >= 0.3 is 0 Å². The SMILES string of the molecule is CC(C)CSCc1ccc(Cl)cc1N. The fourth-order valence-electron chi connectivity index (χ4n) is 1.10. The first kappa shape index (κ1) is 11.7. The highest BCUT2D eigenvalue weighted by Crippen LogP contribution is 2.23. The molecular weight excluding hydrogens is 214 g/mol. The molecule has 0 radical (unpaired) electrons. The van der Waals surface area contributed by atoms with Crippen molar-refractivity contribution in [1.29, 1.82) is 0 Å². The molecule has 2 N–H and O–H groups in total. The van der Waals surface area contributed by atoms with Crippen molar-refractivity contribution in [3.63, 3.8) is 0 Å². The normalized spacial score (nSPS) is 10.9. The number of nitrogen functional groups attached to an aromatic ring is 1. The van der Waals surface area contributed by atoms with E-state index in [1.54, 1.807) is 0 Å². The summed E-state index contributed by atoms with van der Waals surface area (Å²) >= 11 is 7.73. The van der Waals surface area contributed by atoms with Gasteiger partial charge in [0.15, 0.2) is 0 Å². The second kappa shape index (κ2) is 5.52. The summed E-state index contributed by atoms with van der Waals surface area (Å²) in [5.74, 6) is 2.87. The molecule has 0 unspecified atom stereocenters. The van der Waals surface area contributed by atoms with E-state index in [0.717, 1.165) is 17.4 Å². The van der Waals surface area contributed by atoms with Crippen molar-refractivity contribution in [1.82, 2.24) is 0 Å². The van der Waals surface area contributed by atoms with Gasteiger partial charge < -0.3 is 5.73 Å². The fraction of sp³-hybridized carbons (Fsp3) is 0.455. The lowest BCUT2D eigenvalue weighted by Gasteiger charge is -2.07. The van der Waals surface area contributed by atoms with Gasteiger partial charge in [-0.3, -0.25) is 0 Å². The molecule has 1 aromatic carbocycles. The lowest BCUT2D eigenvalue weighted by Crippen LogP contribution is -1.95. The van der Waals surface area contributed by atoms with E-state index < -0.39 is 0 Å². The third-order valence-corrected chi connectivity index (χ3v) is 3.47. The van der Waals surface area contributed by atoms with E-state index in [9.17, 15) is 0 Å². The summed E-state index contributed by atoms with van der Waals surface area (Å²) in [7, 11) is 0. The van der Waals surface area contributed by atoms with E-state index in [2.05, 4.69) is 13.8 Å². The first-order valence-corrected chi connectivity index (χ1v) is 6.24. The van der Waals surface area contributed by atoms with Crippen LogP contribution in [0.5, 0.6) is 0 Å². The van der Waals surface area contributed by atoms with Crippen molar-refractivity contribution < 1.29 is 0 Å². The molecule has 0 saturated carbocycles. The Morgan fingerprint density at radius 3 is 2.71 bits per heavy atom. The van der Waals surface area contributed by atoms with E-state index in [4.69, 9.17) is 17.3 Å². The maximum Gasteiger partial charge on any atom is 0.0426 e. The highest BCUT2D eigenvalue weighted by molar-refractivity contribution is 7.98. The summed E-state index contributed by atoms with van der Waals surface area (Å²) in [5.41, 5.74) is 7.82. The van der Waals surface area contributed by atoms with Crippen LogP contribution < -0.4 is 5.73 Å². The maximum absolute atomic E-state index is 5.84. The van der Waals surface area contributed by atoms with Crippen molar-refractivity contribution in [2.24, 2.45) is 5.92 Å². The second-order valence-electron chi connectivity index (χ2n) is 3.75. The molecule has 0 amide bonds. The Morgan fingerprint density at radius 1 is 1.43 bits per heavy atom. The number of halogens is 1. The van der Waals surface area contributed by atoms with Crippen LogP contribution in [0.25, 0.3) is 0 Å². The molecule has 78 valence electrons. The molecule has 0 spiro atoms. The molecule has 1 aromatic rings. The molecular formula is C11H16ClNS. The van der Waals surface area contributed by atoms with Crippen LogP contribution in [0.1, 0.15) is 19.4 Å². The summed E-state index contributed by atoms with van der Waals surface area (Å²) in [4.78, 5) is 0. The van der Waals surface area contributed by atoms with Crippen molar-refractivity contribution in [3.8, 4) is 0 Å². The molecule has 0 aliphatic rings. The zero-order chi connectivity index (χ0) is 10.6. The Morgan fingerprint density at radius 2 is 2.14 bits per heavy atom. The van der Waals surface area contributed by atoms with Crippen LogP contribution in [0.15, 0.2) is 18.2 Å². The number of anilines is 1. The largest absolute Gasteiger partial charge is 0.398 e. The molecule has 14 heavy (non-hydrogen) atoms. The summed E-state index contributed by atoms with van der Waals surface area (Å²) in [6.07, 6.45) is 0. The average Bonchev–Trinajstić information content (AvgIpc) is 2.08. The highest BCUT2D eigenvalue weighted by Gasteiger charge is 2.01. The van der Waals surface area contributed by atoms with Crippen LogP contribution >= 0.6 is 23.4 Å². The van der Waals surface area contributed by atoms with Gasteiger partial charge in [0.2, 0.25) is 0 Å². The third-order valence-electron chi connectivity index (χ3n) is 1.82. The minimum Gasteiger partial charge on any atom is -0.398 e. The number of benzene rings is 1. The van der Waals surface area contributed by atoms with Gasteiger partial charge in [-0.15, -0.1) is 0 Å². The standard InChI is InChI=1S/C11H16ClNS/c1-8(2)6-14-7-9-3-4-10(12)5-11(9)13/h3-5,8H,6-7,13H2,1-2H3. The van der Waals surface area contributed by atoms with Crippen molar-refractivity contribution in [2.45, 2.75) is 19.6 Å². The molecule has 0 aliphatic heterocycles. The summed E-state index contributed by atoms with van der Waals surface area (Å²) in [5, 5.41) is 0.708. The van der Waals surface area contributed by atoms with Crippen LogP contribution in [0, 0.1) is 5.92 Å². The quantitative estimate of drug-likeness (QED) is 0.795. The molecule has 0 aliphatic carbocycles. The van der Waals surface area contributed by atoms with Gasteiger partial charge in [-0.1, -0.05) is 31.5 Å². The smallest absolute Gasteiger partial charge is 0.0426 e. The van der Waals surface area contributed by atoms with Crippen LogP contribution in [0.2, 0.25) is 5.02 Å². The number of hydrogen-bond donors (Lipinski definition) is 1. The second-order valence-corrected chi connectivity index (χ2v) is 5.22. The first-order chi connectivity index (χ1) is 6.59. The predicted octanol–water partition coefficient (Wildman–Crippen LogP) is 3.81. The monoisotopic (exact) mass is 229 g/mol. The average molecular weight is 230 g/mol. The summed E-state index contributed by atoms with van der Waals surface area (Å²) < 4.78 is 0. The van der Waals surface area contributed by atoms with Gasteiger partial charge in [0.05, 0.1) is 0 Å². The molecule has 0 aromatic heterocycles. The van der Waals surface area contributed by atoms with E-state index in [1.165, 1.54) is 11.3 Å². The van der Waals surface area contributed by atoms with Gasteiger partial charge in [0, 0.05) is 16.5 Å². The van der Waals surface area contributed by atoms with E-state index in [0.29, 0.717) is 5.02 Å². The van der Waals surface area contributed by atoms with Crippen LogP contribution in [-0.2, 0) is 5.75 Å². The number of rotatable bonds is 4. The van der Waals surface area contributed by atoms with Crippen molar-refractivity contribution >= 4 is 29.1 Å². The van der Waals surface area contributed by atoms with Gasteiger partial charge in [-0.2, -0.15) is 11.8 Å². The van der Waals surface area contributed by atoms with Crippen molar-refractivity contribution in [3.05, 3.63) is 28.8 Å². The Kier molecular flexibility index (Phi) is 4.63. The zero-order valence-electron chi connectivity index (χ0n) is 8.59. The zero-order valence-corrected chi connectivity index (χ0v) is 10.2. The number of thioether (sulfide) groups is 1. The lowest BCUT2D eigenvalue weighted by molar-refractivity contribution is 0.750. The Balaban J connectivity index is 2.51. The van der Waals surface area contributed by atoms with E-state index in [-0.39, 0.29) is 0 Å². The van der Waals surface area contributed by atoms with Gasteiger partial charge in [-0.05, 0) is 29.4 Å². The topological polar surface area (TPSA) is 26.0 Å². The molecule has 0 atom stereocenters. The van der Waals surface area contributed by atoms with E-state index in [1.807, 2.05) is 30.0 Å². The van der Waals surface area contributed by atoms with Crippen LogP contribution in [-0.4, -0.2) is 5.75 Å². The fourth-order valence-corrected chi connectivity index (χ4v) is 2.35. The Labute approximate surface area is 95.0 Å². The summed E-state index contributed by atoms with van der Waals surface area (Å²) in [6.45, 7) is 4.44. The molecule has 1 nitrogen and oxygen atoms in total. The molecule has 0 saturated heterocycles. The van der Waals surface area contributed by atoms with Crippen LogP contribution in [0.3, 0.4) is 0 Å². The maximum atomic E-state index is 5.84. The molecule has 3 heteroatoms. The van der Waals surface area contributed by atoms with E-state index >= 15 is 0 Å². The highest BCUT2D eigenvalue weighted by atomic mass is 35.5. The molecule has 0 fully saturated rings.